The third-order valence-corrected chi connectivity index (χ3v) is 9.19. The van der Waals surface area contributed by atoms with Crippen molar-refractivity contribution in [1.29, 1.82) is 0 Å². The molecule has 1 aliphatic carbocycles. The Morgan fingerprint density at radius 3 is 2.09 bits per heavy atom. The number of Topliss-reactive ketones (excluding diaryl/α,β-unsaturated/α-hetero) is 1. The largest absolute Gasteiger partial charge is 0.444 e. The van der Waals surface area contributed by atoms with E-state index in [1.807, 2.05) is 54.5 Å². The maximum absolute atomic E-state index is 14.3. The molecule has 0 bridgehead atoms. The van der Waals surface area contributed by atoms with Gasteiger partial charge in [-0.2, -0.15) is 0 Å². The number of rotatable bonds is 13. The molecule has 46 heavy (non-hydrogen) atoms. The lowest BCUT2D eigenvalue weighted by Crippen LogP contribution is -2.59. The first-order chi connectivity index (χ1) is 21.4. The number of para-hydroxylation sites is 1. The molecule has 1 aliphatic heterocycles. The average Bonchev–Trinajstić information content (AvgIpc) is 3.37. The summed E-state index contributed by atoms with van der Waals surface area (Å²) in [4.78, 5) is 69.3. The van der Waals surface area contributed by atoms with Gasteiger partial charge in [0.25, 0.3) is 5.91 Å². The summed E-state index contributed by atoms with van der Waals surface area (Å²) in [6, 6.07) is 5.90. The standard InChI is InChI=1S/C36H56N4O6/c1-22(2)20-36(8,9)46-34(45)39-30(35(5,6)7)33(44)40-21-25(23(3)4)19-28(40)31(42)38-27(18-24-14-13-15-24)29(41)32(43)37-26-16-11-10-12-17-26/h10-12,16-17,22-25,27-28,30H,13-15,18-21H2,1-9H3,(H,37,43)(H,38,42)(H,39,45)/t25-,27?,28+,30-/m1/s1. The fraction of sp³-hybridized carbons (Fsp3) is 0.694. The van der Waals surface area contributed by atoms with Crippen LogP contribution in [0.5, 0.6) is 0 Å². The Morgan fingerprint density at radius 1 is 0.935 bits per heavy atom. The number of benzene rings is 1. The molecule has 10 heteroatoms. The Labute approximate surface area is 275 Å². The summed E-state index contributed by atoms with van der Waals surface area (Å²) < 4.78 is 5.74. The molecule has 1 saturated carbocycles. The van der Waals surface area contributed by atoms with Crippen LogP contribution in [0.3, 0.4) is 0 Å². The van der Waals surface area contributed by atoms with Crippen LogP contribution in [-0.2, 0) is 23.9 Å². The van der Waals surface area contributed by atoms with E-state index in [1.54, 1.807) is 29.2 Å². The molecule has 1 aromatic rings. The van der Waals surface area contributed by atoms with Gasteiger partial charge in [0.1, 0.15) is 17.7 Å². The number of anilines is 1. The number of carbonyl (C=O) groups excluding carboxylic acids is 5. The predicted octanol–water partition coefficient (Wildman–Crippen LogP) is 5.71. The molecule has 4 atom stereocenters. The first kappa shape index (κ1) is 37.0. The summed E-state index contributed by atoms with van der Waals surface area (Å²) in [5, 5.41) is 8.34. The van der Waals surface area contributed by atoms with E-state index in [1.165, 1.54) is 0 Å². The molecule has 4 amide bonds. The smallest absolute Gasteiger partial charge is 0.408 e. The highest BCUT2D eigenvalue weighted by atomic mass is 16.6. The minimum atomic E-state index is -1.01. The van der Waals surface area contributed by atoms with Gasteiger partial charge >= 0.3 is 6.09 Å². The zero-order chi connectivity index (χ0) is 34.4. The lowest BCUT2D eigenvalue weighted by molar-refractivity contribution is -0.143. The van der Waals surface area contributed by atoms with Crippen molar-refractivity contribution in [3.63, 3.8) is 0 Å². The van der Waals surface area contributed by atoms with Gasteiger partial charge < -0.3 is 25.6 Å². The topological polar surface area (TPSA) is 134 Å². The predicted molar refractivity (Wildman–Crippen MR) is 179 cm³/mol. The van der Waals surface area contributed by atoms with Crippen LogP contribution in [0.2, 0.25) is 0 Å². The summed E-state index contributed by atoms with van der Waals surface area (Å²) >= 11 is 0. The van der Waals surface area contributed by atoms with Crippen LogP contribution in [0.15, 0.2) is 30.3 Å². The van der Waals surface area contributed by atoms with Gasteiger partial charge in [-0.3, -0.25) is 19.2 Å². The van der Waals surface area contributed by atoms with Crippen molar-refractivity contribution in [2.24, 2.45) is 29.1 Å². The van der Waals surface area contributed by atoms with E-state index >= 15 is 0 Å². The maximum Gasteiger partial charge on any atom is 0.408 e. The number of hydrogen-bond donors (Lipinski definition) is 3. The van der Waals surface area contributed by atoms with Crippen molar-refractivity contribution in [3.8, 4) is 0 Å². The van der Waals surface area contributed by atoms with Crippen LogP contribution in [0.25, 0.3) is 0 Å². The molecule has 0 radical (unpaired) electrons. The maximum atomic E-state index is 14.3. The second kappa shape index (κ2) is 15.4. The van der Waals surface area contributed by atoms with Gasteiger partial charge in [-0.05, 0) is 74.3 Å². The Hall–Kier alpha value is -3.43. The van der Waals surface area contributed by atoms with Crippen LogP contribution in [0.1, 0.15) is 101 Å². The molecular weight excluding hydrogens is 584 g/mol. The van der Waals surface area contributed by atoms with E-state index in [0.29, 0.717) is 37.4 Å². The molecule has 256 valence electrons. The second-order valence-corrected chi connectivity index (χ2v) is 15.7. The van der Waals surface area contributed by atoms with Gasteiger partial charge in [-0.15, -0.1) is 0 Å². The summed E-state index contributed by atoms with van der Waals surface area (Å²) in [5.74, 6) is -1.55. The first-order valence-corrected chi connectivity index (χ1v) is 16.9. The van der Waals surface area contributed by atoms with Crippen LogP contribution in [0, 0.1) is 29.1 Å². The first-order valence-electron chi connectivity index (χ1n) is 16.9. The lowest BCUT2D eigenvalue weighted by Gasteiger charge is -2.36. The normalized spacial score (nSPS) is 20.1. The minimum Gasteiger partial charge on any atom is -0.444 e. The van der Waals surface area contributed by atoms with E-state index in [2.05, 4.69) is 29.8 Å². The fourth-order valence-electron chi connectivity index (χ4n) is 6.51. The summed E-state index contributed by atoms with van der Waals surface area (Å²) in [6.45, 7) is 17.8. The van der Waals surface area contributed by atoms with E-state index in [-0.39, 0.29) is 23.7 Å². The molecule has 1 aromatic carbocycles. The van der Waals surface area contributed by atoms with E-state index in [4.69, 9.17) is 4.74 Å². The number of hydrogen-bond acceptors (Lipinski definition) is 6. The summed E-state index contributed by atoms with van der Waals surface area (Å²) in [6.07, 6.45) is 3.68. The highest BCUT2D eigenvalue weighted by Gasteiger charge is 2.46. The van der Waals surface area contributed by atoms with Gasteiger partial charge in [-0.25, -0.2) is 4.79 Å². The molecule has 1 heterocycles. The Bertz CT molecular complexity index is 1230. The van der Waals surface area contributed by atoms with Crippen LogP contribution in [0.4, 0.5) is 10.5 Å². The van der Waals surface area contributed by atoms with Crippen molar-refractivity contribution < 1.29 is 28.7 Å². The molecule has 2 fully saturated rings. The van der Waals surface area contributed by atoms with Crippen molar-refractivity contribution in [3.05, 3.63) is 30.3 Å². The van der Waals surface area contributed by atoms with Crippen molar-refractivity contribution in [2.75, 3.05) is 11.9 Å². The molecule has 3 N–H and O–H groups in total. The monoisotopic (exact) mass is 640 g/mol. The second-order valence-electron chi connectivity index (χ2n) is 15.7. The fourth-order valence-corrected chi connectivity index (χ4v) is 6.51. The Kier molecular flexibility index (Phi) is 12.4. The van der Waals surface area contributed by atoms with Crippen molar-refractivity contribution >= 4 is 35.3 Å². The lowest BCUT2D eigenvalue weighted by atomic mass is 9.80. The highest BCUT2D eigenvalue weighted by molar-refractivity contribution is 6.42. The summed E-state index contributed by atoms with van der Waals surface area (Å²) in [5.41, 5.74) is -0.918. The van der Waals surface area contributed by atoms with E-state index < -0.39 is 52.8 Å². The average molecular weight is 641 g/mol. The minimum absolute atomic E-state index is 0.0411. The number of ether oxygens (including phenoxy) is 1. The number of carbonyl (C=O) groups is 5. The van der Waals surface area contributed by atoms with Gasteiger partial charge in [0.05, 0.1) is 6.04 Å². The Morgan fingerprint density at radius 2 is 1.57 bits per heavy atom. The number of likely N-dealkylation sites (tertiary alicyclic amines) is 1. The molecule has 0 aromatic heterocycles. The third-order valence-electron chi connectivity index (χ3n) is 9.19. The number of alkyl carbamates (subject to hydrolysis) is 1. The SMILES string of the molecule is CC(C)CC(C)(C)OC(=O)N[C@H](C(=O)N1C[C@H](C(C)C)C[C@H]1C(=O)NC(CC1CCC1)C(=O)C(=O)Nc1ccccc1)C(C)(C)C. The van der Waals surface area contributed by atoms with Gasteiger partial charge in [0.15, 0.2) is 0 Å². The van der Waals surface area contributed by atoms with Crippen molar-refractivity contribution in [1.82, 2.24) is 15.5 Å². The zero-order valence-corrected chi connectivity index (χ0v) is 29.3. The quantitative estimate of drug-likeness (QED) is 0.237. The summed E-state index contributed by atoms with van der Waals surface area (Å²) in [7, 11) is 0. The van der Waals surface area contributed by atoms with Gasteiger partial charge in [-0.1, -0.05) is 85.9 Å². The van der Waals surface area contributed by atoms with E-state index in [9.17, 15) is 24.0 Å². The molecule has 10 nitrogen and oxygen atoms in total. The molecule has 0 spiro atoms. The van der Waals surface area contributed by atoms with Crippen LogP contribution in [-0.4, -0.2) is 64.8 Å². The molecular formula is C36H56N4O6. The van der Waals surface area contributed by atoms with Crippen molar-refractivity contribution in [2.45, 2.75) is 125 Å². The number of nitrogens with zero attached hydrogens (tertiary/aromatic N) is 1. The third kappa shape index (κ3) is 10.3. The number of amides is 4. The molecule has 3 rings (SSSR count). The van der Waals surface area contributed by atoms with E-state index in [0.717, 1.165) is 19.3 Å². The molecule has 1 unspecified atom stereocenters. The highest BCUT2D eigenvalue weighted by Crippen LogP contribution is 2.34. The van der Waals surface area contributed by atoms with Gasteiger partial charge in [0, 0.05) is 12.2 Å². The van der Waals surface area contributed by atoms with Gasteiger partial charge in [0.2, 0.25) is 17.6 Å². The molecule has 2 aliphatic rings. The Balaban J connectivity index is 1.82. The van der Waals surface area contributed by atoms with Crippen LogP contribution < -0.4 is 16.0 Å². The zero-order valence-electron chi connectivity index (χ0n) is 29.3. The van der Waals surface area contributed by atoms with Crippen LogP contribution >= 0.6 is 0 Å². The number of nitrogens with one attached hydrogen (secondary N) is 3. The number of ketones is 1. The molecule has 1 saturated heterocycles.